The maximum absolute atomic E-state index is 13.2. The van der Waals surface area contributed by atoms with Gasteiger partial charge in [0.25, 0.3) is 10.0 Å². The Balaban J connectivity index is 2.48. The van der Waals surface area contributed by atoms with Crippen LogP contribution in [0.25, 0.3) is 0 Å². The van der Waals surface area contributed by atoms with Crippen molar-refractivity contribution in [1.29, 1.82) is 0 Å². The van der Waals surface area contributed by atoms with E-state index < -0.39 is 28.3 Å². The number of carbonyl (C=O) groups excluding carboxylic acids is 1. The first kappa shape index (κ1) is 18.7. The second-order valence-electron chi connectivity index (χ2n) is 5.45. The fraction of sp³-hybridized carbons (Fsp3) is 0.235. The molecule has 0 aliphatic carbocycles. The Hall–Kier alpha value is -2.61. The summed E-state index contributed by atoms with van der Waals surface area (Å²) in [5.41, 5.74) is 0.201. The average Bonchev–Trinajstić information content (AvgIpc) is 2.60. The number of sulfonamides is 1. The minimum atomic E-state index is -4.01. The molecule has 0 unspecified atom stereocenters. The number of methoxy groups -OCH3 is 1. The zero-order valence-electron chi connectivity index (χ0n) is 14.1. The van der Waals surface area contributed by atoms with Crippen molar-refractivity contribution in [2.75, 3.05) is 32.1 Å². The van der Waals surface area contributed by atoms with Gasteiger partial charge in [0.15, 0.2) is 0 Å². The van der Waals surface area contributed by atoms with E-state index in [1.165, 1.54) is 62.5 Å². The molecule has 134 valence electrons. The molecule has 0 spiro atoms. The van der Waals surface area contributed by atoms with Crippen LogP contribution in [-0.4, -0.2) is 47.0 Å². The van der Waals surface area contributed by atoms with Gasteiger partial charge < -0.3 is 9.64 Å². The maximum Gasteiger partial charge on any atom is 0.264 e. The summed E-state index contributed by atoms with van der Waals surface area (Å²) in [7, 11) is 0.529. The quantitative estimate of drug-likeness (QED) is 0.785. The van der Waals surface area contributed by atoms with Crippen molar-refractivity contribution in [3.63, 3.8) is 0 Å². The van der Waals surface area contributed by atoms with Crippen LogP contribution in [-0.2, 0) is 14.8 Å². The molecule has 25 heavy (non-hydrogen) atoms. The number of halogens is 1. The van der Waals surface area contributed by atoms with Crippen LogP contribution in [0.3, 0.4) is 0 Å². The Bertz CT molecular complexity index is 834. The summed E-state index contributed by atoms with van der Waals surface area (Å²) in [6.07, 6.45) is 0. The van der Waals surface area contributed by atoms with Gasteiger partial charge in [-0.15, -0.1) is 0 Å². The first-order valence-corrected chi connectivity index (χ1v) is 8.82. The van der Waals surface area contributed by atoms with Crippen molar-refractivity contribution in [3.05, 3.63) is 54.3 Å². The van der Waals surface area contributed by atoms with Crippen molar-refractivity contribution in [3.8, 4) is 5.75 Å². The van der Waals surface area contributed by atoms with E-state index in [1.807, 2.05) is 0 Å². The van der Waals surface area contributed by atoms with Crippen LogP contribution < -0.4 is 9.04 Å². The molecule has 1 amide bonds. The SMILES string of the molecule is COc1ccc(S(=O)(=O)N(CC(=O)N(C)C)c2ccc(F)cc2)cc1. The minimum Gasteiger partial charge on any atom is -0.497 e. The fourth-order valence-electron chi connectivity index (χ4n) is 2.06. The van der Waals surface area contributed by atoms with Crippen LogP contribution in [0.2, 0.25) is 0 Å². The Morgan fingerprint density at radius 2 is 1.60 bits per heavy atom. The third-order valence-corrected chi connectivity index (χ3v) is 5.33. The standard InChI is InChI=1S/C17H19FN2O4S/c1-19(2)17(21)12-20(14-6-4-13(18)5-7-14)25(22,23)16-10-8-15(24-3)9-11-16/h4-11H,12H2,1-3H3. The van der Waals surface area contributed by atoms with Crippen molar-refractivity contribution in [2.45, 2.75) is 4.90 Å². The summed E-state index contributed by atoms with van der Waals surface area (Å²) in [5, 5.41) is 0. The first-order valence-electron chi connectivity index (χ1n) is 7.38. The van der Waals surface area contributed by atoms with Crippen molar-refractivity contribution in [2.24, 2.45) is 0 Å². The number of anilines is 1. The molecule has 6 nitrogen and oxygen atoms in total. The highest BCUT2D eigenvalue weighted by atomic mass is 32.2. The number of amides is 1. The van der Waals surface area contributed by atoms with Gasteiger partial charge in [-0.25, -0.2) is 12.8 Å². The summed E-state index contributed by atoms with van der Waals surface area (Å²) in [4.78, 5) is 13.4. The average molecular weight is 366 g/mol. The molecule has 0 aliphatic heterocycles. The second kappa shape index (κ2) is 7.52. The topological polar surface area (TPSA) is 66.9 Å². The predicted molar refractivity (Wildman–Crippen MR) is 92.6 cm³/mol. The Morgan fingerprint density at radius 3 is 2.08 bits per heavy atom. The van der Waals surface area contributed by atoms with Gasteiger partial charge in [-0.2, -0.15) is 0 Å². The molecule has 0 aromatic heterocycles. The molecule has 0 bridgehead atoms. The van der Waals surface area contributed by atoms with E-state index in [4.69, 9.17) is 4.74 Å². The molecule has 0 atom stereocenters. The number of benzene rings is 2. The van der Waals surface area contributed by atoms with Gasteiger partial charge in [0.1, 0.15) is 18.1 Å². The van der Waals surface area contributed by atoms with Gasteiger partial charge in [0.2, 0.25) is 5.91 Å². The molecule has 0 saturated heterocycles. The Kier molecular flexibility index (Phi) is 5.63. The molecular formula is C17H19FN2O4S. The number of likely N-dealkylation sites (N-methyl/N-ethyl adjacent to an activating group) is 1. The number of carbonyl (C=O) groups is 1. The highest BCUT2D eigenvalue weighted by Gasteiger charge is 2.27. The van der Waals surface area contributed by atoms with E-state index in [0.717, 1.165) is 16.4 Å². The highest BCUT2D eigenvalue weighted by molar-refractivity contribution is 7.92. The van der Waals surface area contributed by atoms with Gasteiger partial charge in [-0.1, -0.05) is 0 Å². The molecule has 8 heteroatoms. The molecule has 0 heterocycles. The number of hydrogen-bond acceptors (Lipinski definition) is 4. The third kappa shape index (κ3) is 4.27. The van der Waals surface area contributed by atoms with Gasteiger partial charge in [-0.05, 0) is 48.5 Å². The zero-order chi connectivity index (χ0) is 18.6. The molecule has 0 aliphatic rings. The van der Waals surface area contributed by atoms with Crippen molar-refractivity contribution < 1.29 is 22.3 Å². The second-order valence-corrected chi connectivity index (χ2v) is 7.31. The van der Waals surface area contributed by atoms with E-state index in [2.05, 4.69) is 0 Å². The lowest BCUT2D eigenvalue weighted by Crippen LogP contribution is -2.40. The van der Waals surface area contributed by atoms with E-state index in [-0.39, 0.29) is 10.6 Å². The number of nitrogens with zero attached hydrogens (tertiary/aromatic N) is 2. The number of ether oxygens (including phenoxy) is 1. The lowest BCUT2D eigenvalue weighted by Gasteiger charge is -2.25. The summed E-state index contributed by atoms with van der Waals surface area (Å²) >= 11 is 0. The van der Waals surface area contributed by atoms with Crippen LogP contribution in [0.4, 0.5) is 10.1 Å². The number of rotatable bonds is 6. The normalized spacial score (nSPS) is 11.0. The van der Waals surface area contributed by atoms with Crippen molar-refractivity contribution >= 4 is 21.6 Å². The van der Waals surface area contributed by atoms with Gasteiger partial charge >= 0.3 is 0 Å². The van der Waals surface area contributed by atoms with Gasteiger partial charge in [0, 0.05) is 14.1 Å². The van der Waals surface area contributed by atoms with Gasteiger partial charge in [0.05, 0.1) is 17.7 Å². The zero-order valence-corrected chi connectivity index (χ0v) is 15.0. The molecule has 0 N–H and O–H groups in total. The molecule has 2 aromatic carbocycles. The molecule has 0 fully saturated rings. The monoisotopic (exact) mass is 366 g/mol. The van der Waals surface area contributed by atoms with Crippen LogP contribution in [0.15, 0.2) is 53.4 Å². The van der Waals surface area contributed by atoms with E-state index in [0.29, 0.717) is 5.75 Å². The minimum absolute atomic E-state index is 0.00387. The van der Waals surface area contributed by atoms with Crippen LogP contribution in [0.1, 0.15) is 0 Å². The molecule has 0 saturated carbocycles. The van der Waals surface area contributed by atoms with Crippen LogP contribution in [0, 0.1) is 5.82 Å². The smallest absolute Gasteiger partial charge is 0.264 e. The van der Waals surface area contributed by atoms with E-state index in [9.17, 15) is 17.6 Å². The molecule has 2 aromatic rings. The van der Waals surface area contributed by atoms with E-state index >= 15 is 0 Å². The third-order valence-electron chi connectivity index (χ3n) is 3.54. The molecule has 0 radical (unpaired) electrons. The predicted octanol–water partition coefficient (Wildman–Crippen LogP) is 2.12. The lowest BCUT2D eigenvalue weighted by molar-refractivity contribution is -0.127. The van der Waals surface area contributed by atoms with E-state index in [1.54, 1.807) is 0 Å². The van der Waals surface area contributed by atoms with Crippen LogP contribution in [0.5, 0.6) is 5.75 Å². The molecular weight excluding hydrogens is 347 g/mol. The maximum atomic E-state index is 13.2. The summed E-state index contributed by atoms with van der Waals surface area (Å²) in [5.74, 6) is -0.387. The van der Waals surface area contributed by atoms with Gasteiger partial charge in [-0.3, -0.25) is 9.10 Å². The fourth-order valence-corrected chi connectivity index (χ4v) is 3.48. The Morgan fingerprint density at radius 1 is 1.04 bits per heavy atom. The lowest BCUT2D eigenvalue weighted by atomic mass is 10.3. The number of hydrogen-bond donors (Lipinski definition) is 0. The summed E-state index contributed by atoms with van der Waals surface area (Å²) in [6, 6.07) is 10.7. The van der Waals surface area contributed by atoms with Crippen LogP contribution >= 0.6 is 0 Å². The summed E-state index contributed by atoms with van der Waals surface area (Å²) < 4.78 is 45.2. The first-order chi connectivity index (χ1) is 11.8. The molecule has 2 rings (SSSR count). The summed E-state index contributed by atoms with van der Waals surface area (Å²) in [6.45, 7) is -0.396. The highest BCUT2D eigenvalue weighted by Crippen LogP contribution is 2.25. The van der Waals surface area contributed by atoms with Crippen molar-refractivity contribution in [1.82, 2.24) is 4.90 Å². The largest absolute Gasteiger partial charge is 0.497 e. The Labute approximate surface area is 146 Å².